The molecular weight excluding hydrogens is 314 g/mol. The molecule has 2 aromatic heterocycles. The Hall–Kier alpha value is -2.19. The van der Waals surface area contributed by atoms with Crippen molar-refractivity contribution in [1.29, 1.82) is 0 Å². The van der Waals surface area contributed by atoms with Crippen molar-refractivity contribution in [2.24, 2.45) is 5.73 Å². The number of carbonyl (C=O) groups is 2. The molecular formula is C15H19N5O2S. The van der Waals surface area contributed by atoms with Crippen molar-refractivity contribution in [3.8, 4) is 0 Å². The topological polar surface area (TPSA) is 93.2 Å². The zero-order valence-electron chi connectivity index (χ0n) is 13.0. The van der Waals surface area contributed by atoms with Crippen molar-refractivity contribution in [3.63, 3.8) is 0 Å². The maximum atomic E-state index is 12.3. The van der Waals surface area contributed by atoms with Crippen LogP contribution in [0.5, 0.6) is 0 Å². The van der Waals surface area contributed by atoms with Gasteiger partial charge in [0, 0.05) is 19.3 Å². The zero-order valence-corrected chi connectivity index (χ0v) is 13.8. The Labute approximate surface area is 138 Å². The van der Waals surface area contributed by atoms with Gasteiger partial charge in [0.05, 0.1) is 23.8 Å². The van der Waals surface area contributed by atoms with E-state index < -0.39 is 5.91 Å². The SMILES string of the molecule is Cc1cnn(C2CN(C(C)C(=O)Nc3sccc3C(N)=O)C2)c1. The summed E-state index contributed by atoms with van der Waals surface area (Å²) >= 11 is 1.30. The summed E-state index contributed by atoms with van der Waals surface area (Å²) in [7, 11) is 0. The predicted molar refractivity (Wildman–Crippen MR) is 88.5 cm³/mol. The number of anilines is 1. The minimum atomic E-state index is -0.535. The lowest BCUT2D eigenvalue weighted by atomic mass is 10.1. The molecule has 2 amide bonds. The molecule has 1 aliphatic rings. The summed E-state index contributed by atoms with van der Waals surface area (Å²) in [5, 5.41) is 9.35. The smallest absolute Gasteiger partial charge is 0.251 e. The Bertz CT molecular complexity index is 732. The standard InChI is InChI=1S/C15H19N5O2S/c1-9-5-17-20(6-9)11-7-19(8-11)10(2)14(22)18-15-12(13(16)21)3-4-23-15/h3-6,10-11H,7-8H2,1-2H3,(H2,16,21)(H,18,22). The monoisotopic (exact) mass is 333 g/mol. The number of carbonyl (C=O) groups excluding carboxylic acids is 2. The lowest BCUT2D eigenvalue weighted by Gasteiger charge is -2.42. The molecule has 1 fully saturated rings. The van der Waals surface area contributed by atoms with Gasteiger partial charge >= 0.3 is 0 Å². The normalized spacial score (nSPS) is 16.8. The molecule has 23 heavy (non-hydrogen) atoms. The van der Waals surface area contributed by atoms with Crippen LogP contribution in [0.4, 0.5) is 5.00 Å². The Morgan fingerprint density at radius 3 is 2.83 bits per heavy atom. The summed E-state index contributed by atoms with van der Waals surface area (Å²) < 4.78 is 1.95. The Morgan fingerprint density at radius 1 is 1.48 bits per heavy atom. The van der Waals surface area contributed by atoms with Crippen LogP contribution in [0, 0.1) is 6.92 Å². The van der Waals surface area contributed by atoms with Gasteiger partial charge in [-0.2, -0.15) is 5.10 Å². The van der Waals surface area contributed by atoms with Gasteiger partial charge in [-0.3, -0.25) is 19.2 Å². The molecule has 1 atom stereocenters. The molecule has 0 bridgehead atoms. The summed E-state index contributed by atoms with van der Waals surface area (Å²) in [6, 6.07) is 1.65. The number of nitrogens with zero attached hydrogens (tertiary/aromatic N) is 3. The first kappa shape index (κ1) is 15.7. The molecule has 1 unspecified atom stereocenters. The number of hydrogen-bond donors (Lipinski definition) is 2. The van der Waals surface area contributed by atoms with Crippen LogP contribution < -0.4 is 11.1 Å². The molecule has 0 aromatic carbocycles. The molecule has 0 spiro atoms. The highest BCUT2D eigenvalue weighted by molar-refractivity contribution is 7.14. The fourth-order valence-corrected chi connectivity index (χ4v) is 3.38. The molecule has 8 heteroatoms. The zero-order chi connectivity index (χ0) is 16.6. The lowest BCUT2D eigenvalue weighted by Crippen LogP contribution is -2.55. The third-order valence-corrected chi connectivity index (χ3v) is 4.92. The van der Waals surface area contributed by atoms with E-state index in [-0.39, 0.29) is 11.9 Å². The van der Waals surface area contributed by atoms with Crippen LogP contribution >= 0.6 is 11.3 Å². The summed E-state index contributed by atoms with van der Waals surface area (Å²) in [6.07, 6.45) is 3.85. The highest BCUT2D eigenvalue weighted by atomic mass is 32.1. The van der Waals surface area contributed by atoms with Gasteiger partial charge in [-0.1, -0.05) is 0 Å². The number of nitrogens with two attached hydrogens (primary N) is 1. The fraction of sp³-hybridized carbons (Fsp3) is 0.400. The van der Waals surface area contributed by atoms with E-state index in [0.29, 0.717) is 16.6 Å². The molecule has 3 N–H and O–H groups in total. The summed E-state index contributed by atoms with van der Waals surface area (Å²) in [5.41, 5.74) is 6.77. The highest BCUT2D eigenvalue weighted by Crippen LogP contribution is 2.26. The van der Waals surface area contributed by atoms with Crippen LogP contribution in [0.2, 0.25) is 0 Å². The second-order valence-electron chi connectivity index (χ2n) is 5.80. The van der Waals surface area contributed by atoms with E-state index in [1.165, 1.54) is 11.3 Å². The summed E-state index contributed by atoms with van der Waals surface area (Å²) in [6.45, 7) is 5.43. The summed E-state index contributed by atoms with van der Waals surface area (Å²) in [5.74, 6) is -0.669. The van der Waals surface area contributed by atoms with Crippen molar-refractivity contribution < 1.29 is 9.59 Å². The van der Waals surface area contributed by atoms with Gasteiger partial charge in [-0.25, -0.2) is 0 Å². The third-order valence-electron chi connectivity index (χ3n) is 4.09. The van der Waals surface area contributed by atoms with Gasteiger partial charge in [-0.15, -0.1) is 11.3 Å². The second kappa shape index (κ2) is 6.13. The molecule has 0 radical (unpaired) electrons. The van der Waals surface area contributed by atoms with E-state index >= 15 is 0 Å². The number of rotatable bonds is 5. The van der Waals surface area contributed by atoms with Crippen LogP contribution in [0.1, 0.15) is 28.9 Å². The predicted octanol–water partition coefficient (Wildman–Crippen LogP) is 1.24. The molecule has 0 saturated carbocycles. The second-order valence-corrected chi connectivity index (χ2v) is 6.71. The van der Waals surface area contributed by atoms with Crippen molar-refractivity contribution in [3.05, 3.63) is 35.0 Å². The van der Waals surface area contributed by atoms with Crippen LogP contribution in [0.25, 0.3) is 0 Å². The molecule has 3 rings (SSSR count). The van der Waals surface area contributed by atoms with Crippen LogP contribution in [0.15, 0.2) is 23.8 Å². The van der Waals surface area contributed by atoms with Gasteiger partial charge in [0.2, 0.25) is 5.91 Å². The first-order valence-electron chi connectivity index (χ1n) is 7.38. The number of primary amides is 1. The number of amides is 2. The van der Waals surface area contributed by atoms with Crippen molar-refractivity contribution in [2.75, 3.05) is 18.4 Å². The van der Waals surface area contributed by atoms with Crippen molar-refractivity contribution in [1.82, 2.24) is 14.7 Å². The van der Waals surface area contributed by atoms with Crippen LogP contribution in [-0.2, 0) is 4.79 Å². The summed E-state index contributed by atoms with van der Waals surface area (Å²) in [4.78, 5) is 25.7. The van der Waals surface area contributed by atoms with Gasteiger partial charge in [0.25, 0.3) is 5.91 Å². The molecule has 0 aliphatic carbocycles. The van der Waals surface area contributed by atoms with E-state index in [2.05, 4.69) is 15.3 Å². The van der Waals surface area contributed by atoms with E-state index in [9.17, 15) is 9.59 Å². The van der Waals surface area contributed by atoms with E-state index in [1.54, 1.807) is 11.4 Å². The van der Waals surface area contributed by atoms with Crippen LogP contribution in [-0.4, -0.2) is 45.6 Å². The van der Waals surface area contributed by atoms with Crippen LogP contribution in [0.3, 0.4) is 0 Å². The average Bonchev–Trinajstić information content (AvgIpc) is 3.06. The van der Waals surface area contributed by atoms with E-state index in [4.69, 9.17) is 5.73 Å². The minimum absolute atomic E-state index is 0.134. The third kappa shape index (κ3) is 3.13. The largest absolute Gasteiger partial charge is 0.366 e. The molecule has 7 nitrogen and oxygen atoms in total. The van der Waals surface area contributed by atoms with E-state index in [0.717, 1.165) is 18.7 Å². The van der Waals surface area contributed by atoms with Crippen molar-refractivity contribution in [2.45, 2.75) is 25.9 Å². The number of thiophene rings is 1. The fourth-order valence-electron chi connectivity index (χ4n) is 2.59. The Morgan fingerprint density at radius 2 is 2.22 bits per heavy atom. The van der Waals surface area contributed by atoms with Gasteiger partial charge < -0.3 is 11.1 Å². The quantitative estimate of drug-likeness (QED) is 0.861. The van der Waals surface area contributed by atoms with Gasteiger partial charge in [0.15, 0.2) is 0 Å². The van der Waals surface area contributed by atoms with Gasteiger partial charge in [-0.05, 0) is 30.9 Å². The number of nitrogens with one attached hydrogen (secondary N) is 1. The van der Waals surface area contributed by atoms with Gasteiger partial charge in [0.1, 0.15) is 5.00 Å². The number of aromatic nitrogens is 2. The average molecular weight is 333 g/mol. The molecule has 122 valence electrons. The molecule has 1 saturated heterocycles. The van der Waals surface area contributed by atoms with E-state index in [1.807, 2.05) is 30.9 Å². The molecule has 1 aliphatic heterocycles. The maximum absolute atomic E-state index is 12.3. The number of likely N-dealkylation sites (tertiary alicyclic amines) is 1. The Balaban J connectivity index is 1.57. The molecule has 2 aromatic rings. The number of hydrogen-bond acceptors (Lipinski definition) is 5. The van der Waals surface area contributed by atoms with Crippen molar-refractivity contribution >= 4 is 28.2 Å². The number of aryl methyl sites for hydroxylation is 1. The minimum Gasteiger partial charge on any atom is -0.366 e. The lowest BCUT2D eigenvalue weighted by molar-refractivity contribution is -0.123. The molecule has 3 heterocycles. The highest BCUT2D eigenvalue weighted by Gasteiger charge is 2.35. The maximum Gasteiger partial charge on any atom is 0.251 e. The first-order chi connectivity index (χ1) is 11.0. The first-order valence-corrected chi connectivity index (χ1v) is 8.26. The Kier molecular flexibility index (Phi) is 4.18.